The molecule has 0 aliphatic carbocycles. The molecule has 3 aromatic rings. The zero-order chi connectivity index (χ0) is 24.8. The standard InChI is InChI=1S/C23H29N5O5S/c1-5-7-12-28-19(24)17(20(29)26-23(28)31)27(11-6-2)22(30)15-13-34-21(25-15)14-9-8-10-16(32-3)18(14)33-4/h8-10,13H,5-7,11-12,24H2,1-4H3,(H,26,29,31). The van der Waals surface area contributed by atoms with E-state index in [2.05, 4.69) is 9.97 Å². The fraction of sp³-hybridized carbons (Fsp3) is 0.391. The highest BCUT2D eigenvalue weighted by molar-refractivity contribution is 7.13. The molecule has 0 aliphatic heterocycles. The van der Waals surface area contributed by atoms with Gasteiger partial charge in [0.05, 0.1) is 19.8 Å². The molecule has 182 valence electrons. The average Bonchev–Trinajstić information content (AvgIpc) is 3.32. The second-order valence-electron chi connectivity index (χ2n) is 7.53. The van der Waals surface area contributed by atoms with Gasteiger partial charge in [-0.1, -0.05) is 26.3 Å². The van der Waals surface area contributed by atoms with Crippen LogP contribution < -0.4 is 31.4 Å². The molecule has 0 saturated carbocycles. The van der Waals surface area contributed by atoms with Crippen LogP contribution in [0.3, 0.4) is 0 Å². The maximum atomic E-state index is 13.5. The number of aromatic amines is 1. The number of aromatic nitrogens is 3. The monoisotopic (exact) mass is 487 g/mol. The summed E-state index contributed by atoms with van der Waals surface area (Å²) in [6, 6.07) is 5.40. The second kappa shape index (κ2) is 11.0. The SMILES string of the molecule is CCCCn1c(N)c(N(CCC)C(=O)c2csc(-c3cccc(OC)c3OC)n2)c(=O)[nH]c1=O. The van der Waals surface area contributed by atoms with E-state index in [1.54, 1.807) is 18.6 Å². The van der Waals surface area contributed by atoms with Crippen molar-refractivity contribution in [2.75, 3.05) is 31.4 Å². The van der Waals surface area contributed by atoms with E-state index in [0.29, 0.717) is 41.5 Å². The maximum Gasteiger partial charge on any atom is 0.330 e. The number of carbonyl (C=O) groups is 1. The summed E-state index contributed by atoms with van der Waals surface area (Å²) in [6.07, 6.45) is 2.11. The third-order valence-electron chi connectivity index (χ3n) is 5.27. The van der Waals surface area contributed by atoms with Gasteiger partial charge in [-0.2, -0.15) is 0 Å². The van der Waals surface area contributed by atoms with Crippen LogP contribution in [-0.4, -0.2) is 41.2 Å². The van der Waals surface area contributed by atoms with Gasteiger partial charge in [0.25, 0.3) is 11.5 Å². The highest BCUT2D eigenvalue weighted by Crippen LogP contribution is 2.39. The molecule has 0 fully saturated rings. The van der Waals surface area contributed by atoms with Crippen molar-refractivity contribution in [3.63, 3.8) is 0 Å². The topological polar surface area (TPSA) is 133 Å². The number of H-pyrrole nitrogens is 1. The summed E-state index contributed by atoms with van der Waals surface area (Å²) in [5, 5.41) is 2.18. The number of nitrogens with one attached hydrogen (secondary N) is 1. The lowest BCUT2D eigenvalue weighted by molar-refractivity contribution is 0.0982. The van der Waals surface area contributed by atoms with Crippen molar-refractivity contribution in [2.24, 2.45) is 0 Å². The first-order valence-electron chi connectivity index (χ1n) is 11.0. The molecule has 34 heavy (non-hydrogen) atoms. The highest BCUT2D eigenvalue weighted by atomic mass is 32.1. The summed E-state index contributed by atoms with van der Waals surface area (Å²) in [5.41, 5.74) is 5.73. The number of amides is 1. The minimum Gasteiger partial charge on any atom is -0.493 e. The Morgan fingerprint density at radius 2 is 1.97 bits per heavy atom. The van der Waals surface area contributed by atoms with Crippen LogP contribution in [0, 0.1) is 0 Å². The van der Waals surface area contributed by atoms with Crippen molar-refractivity contribution in [3.05, 3.63) is 50.1 Å². The molecule has 11 heteroatoms. The highest BCUT2D eigenvalue weighted by Gasteiger charge is 2.27. The first-order chi connectivity index (χ1) is 16.4. The number of hydrogen-bond acceptors (Lipinski definition) is 8. The Hall–Kier alpha value is -3.60. The molecule has 0 unspecified atom stereocenters. The number of thiazole rings is 1. The number of carbonyl (C=O) groups excluding carboxylic acids is 1. The molecular weight excluding hydrogens is 458 g/mol. The fourth-order valence-electron chi connectivity index (χ4n) is 3.60. The van der Waals surface area contributed by atoms with E-state index in [1.807, 2.05) is 26.0 Å². The minimum absolute atomic E-state index is 0.0334. The zero-order valence-electron chi connectivity index (χ0n) is 19.7. The Balaban J connectivity index is 2.05. The van der Waals surface area contributed by atoms with Gasteiger partial charge in [-0.15, -0.1) is 11.3 Å². The van der Waals surface area contributed by atoms with Crippen molar-refractivity contribution in [1.82, 2.24) is 14.5 Å². The average molecular weight is 488 g/mol. The lowest BCUT2D eigenvalue weighted by Gasteiger charge is -2.23. The van der Waals surface area contributed by atoms with Crippen LogP contribution in [-0.2, 0) is 6.54 Å². The molecular formula is C23H29N5O5S. The quantitative estimate of drug-likeness (QED) is 0.449. The zero-order valence-corrected chi connectivity index (χ0v) is 20.5. The van der Waals surface area contributed by atoms with E-state index in [1.165, 1.54) is 27.9 Å². The summed E-state index contributed by atoms with van der Waals surface area (Å²) in [6.45, 7) is 4.44. The van der Waals surface area contributed by atoms with Gasteiger partial charge in [-0.25, -0.2) is 9.78 Å². The van der Waals surface area contributed by atoms with Crippen LogP contribution in [0.2, 0.25) is 0 Å². The van der Waals surface area contributed by atoms with Crippen LogP contribution >= 0.6 is 11.3 Å². The van der Waals surface area contributed by atoms with E-state index in [-0.39, 0.29) is 23.7 Å². The normalized spacial score (nSPS) is 10.8. The number of anilines is 2. The number of hydrogen-bond donors (Lipinski definition) is 2. The van der Waals surface area contributed by atoms with Crippen LogP contribution in [0.1, 0.15) is 43.6 Å². The van der Waals surface area contributed by atoms with Gasteiger partial charge in [0, 0.05) is 18.5 Å². The second-order valence-corrected chi connectivity index (χ2v) is 8.39. The molecule has 1 amide bonds. The summed E-state index contributed by atoms with van der Waals surface area (Å²) in [7, 11) is 3.08. The van der Waals surface area contributed by atoms with E-state index in [4.69, 9.17) is 15.2 Å². The van der Waals surface area contributed by atoms with Gasteiger partial charge >= 0.3 is 5.69 Å². The summed E-state index contributed by atoms with van der Waals surface area (Å²) >= 11 is 1.27. The van der Waals surface area contributed by atoms with Crippen molar-refractivity contribution in [3.8, 4) is 22.1 Å². The molecule has 0 aliphatic rings. The van der Waals surface area contributed by atoms with Gasteiger partial charge in [0.2, 0.25) is 0 Å². The Labute approximate surface area is 201 Å². The van der Waals surface area contributed by atoms with Crippen LogP contribution in [0.4, 0.5) is 11.5 Å². The Kier molecular flexibility index (Phi) is 8.11. The van der Waals surface area contributed by atoms with Crippen LogP contribution in [0.5, 0.6) is 11.5 Å². The molecule has 3 rings (SSSR count). The minimum atomic E-state index is -0.707. The molecule has 0 bridgehead atoms. The smallest absolute Gasteiger partial charge is 0.330 e. The fourth-order valence-corrected chi connectivity index (χ4v) is 4.42. The number of methoxy groups -OCH3 is 2. The van der Waals surface area contributed by atoms with Crippen LogP contribution in [0.25, 0.3) is 10.6 Å². The number of ether oxygens (including phenoxy) is 2. The maximum absolute atomic E-state index is 13.5. The van der Waals surface area contributed by atoms with E-state index >= 15 is 0 Å². The van der Waals surface area contributed by atoms with E-state index in [0.717, 1.165) is 6.42 Å². The lowest BCUT2D eigenvalue weighted by atomic mass is 10.2. The van der Waals surface area contributed by atoms with Crippen molar-refractivity contribution in [1.29, 1.82) is 0 Å². The molecule has 0 radical (unpaired) electrons. The number of nitrogens with two attached hydrogens (primary N) is 1. The Morgan fingerprint density at radius 3 is 2.62 bits per heavy atom. The van der Waals surface area contributed by atoms with Gasteiger partial charge in [-0.05, 0) is 25.0 Å². The number of nitrogens with zero attached hydrogens (tertiary/aromatic N) is 3. The lowest BCUT2D eigenvalue weighted by Crippen LogP contribution is -2.41. The molecule has 10 nitrogen and oxygen atoms in total. The molecule has 2 aromatic heterocycles. The molecule has 0 atom stereocenters. The Morgan fingerprint density at radius 1 is 1.21 bits per heavy atom. The summed E-state index contributed by atoms with van der Waals surface area (Å²) in [4.78, 5) is 46.6. The van der Waals surface area contributed by atoms with Gasteiger partial charge < -0.3 is 15.2 Å². The third kappa shape index (κ3) is 4.84. The van der Waals surface area contributed by atoms with E-state index < -0.39 is 17.2 Å². The van der Waals surface area contributed by atoms with Gasteiger partial charge in [-0.3, -0.25) is 24.0 Å². The molecule has 0 spiro atoms. The molecule has 0 saturated heterocycles. The third-order valence-corrected chi connectivity index (χ3v) is 6.14. The summed E-state index contributed by atoms with van der Waals surface area (Å²) in [5.74, 6) is 0.537. The van der Waals surface area contributed by atoms with Crippen molar-refractivity contribution in [2.45, 2.75) is 39.7 Å². The first kappa shape index (κ1) is 25.0. The summed E-state index contributed by atoms with van der Waals surface area (Å²) < 4.78 is 12.1. The number of unbranched alkanes of at least 4 members (excludes halogenated alkanes) is 1. The predicted molar refractivity (Wildman–Crippen MR) is 133 cm³/mol. The number of benzene rings is 1. The molecule has 3 N–H and O–H groups in total. The number of nitrogen functional groups attached to an aromatic ring is 1. The molecule has 2 heterocycles. The Bertz CT molecular complexity index is 1280. The van der Waals surface area contributed by atoms with Gasteiger partial charge in [0.1, 0.15) is 16.5 Å². The number of para-hydroxylation sites is 1. The predicted octanol–water partition coefficient (Wildman–Crippen LogP) is 3.12. The molecule has 1 aromatic carbocycles. The van der Waals surface area contributed by atoms with Gasteiger partial charge in [0.15, 0.2) is 17.2 Å². The van der Waals surface area contributed by atoms with Crippen LogP contribution in [0.15, 0.2) is 33.2 Å². The first-order valence-corrected chi connectivity index (χ1v) is 11.9. The van der Waals surface area contributed by atoms with E-state index in [9.17, 15) is 14.4 Å². The largest absolute Gasteiger partial charge is 0.493 e. The van der Waals surface area contributed by atoms with Crippen molar-refractivity contribution >= 4 is 28.7 Å². The van der Waals surface area contributed by atoms with Crippen molar-refractivity contribution < 1.29 is 14.3 Å². The number of rotatable bonds is 10.